The second-order valence-electron chi connectivity index (χ2n) is 5.08. The summed E-state index contributed by atoms with van der Waals surface area (Å²) >= 11 is 0. The van der Waals surface area contributed by atoms with E-state index in [1.165, 1.54) is 0 Å². The number of Topliss-reactive ketones (excluding diaryl/α,β-unsaturated/α-hetero) is 1. The number of hydrogen-bond acceptors (Lipinski definition) is 3. The van der Waals surface area contributed by atoms with Gasteiger partial charge in [0.05, 0.1) is 11.7 Å². The third-order valence-corrected chi connectivity index (χ3v) is 3.16. The molecule has 2 unspecified atom stereocenters. The van der Waals surface area contributed by atoms with Gasteiger partial charge >= 0.3 is 0 Å². The highest BCUT2D eigenvalue weighted by molar-refractivity contribution is 6.02. The van der Waals surface area contributed by atoms with Crippen molar-refractivity contribution in [2.45, 2.75) is 39.4 Å². The molecular formula is C15H20O3. The van der Waals surface area contributed by atoms with Crippen molar-refractivity contribution in [3.8, 4) is 5.75 Å². The molecule has 0 aliphatic carbocycles. The van der Waals surface area contributed by atoms with Crippen molar-refractivity contribution in [1.82, 2.24) is 0 Å². The maximum atomic E-state index is 12.5. The lowest BCUT2D eigenvalue weighted by atomic mass is 9.96. The van der Waals surface area contributed by atoms with Gasteiger partial charge in [-0.05, 0) is 38.3 Å². The quantitative estimate of drug-likeness (QED) is 0.768. The lowest BCUT2D eigenvalue weighted by Crippen LogP contribution is -2.26. The van der Waals surface area contributed by atoms with Crippen molar-refractivity contribution in [2.24, 2.45) is 5.92 Å². The average Bonchev–Trinajstić information content (AvgIpc) is 2.74. The van der Waals surface area contributed by atoms with Crippen LogP contribution in [0.4, 0.5) is 0 Å². The number of ketones is 1. The summed E-state index contributed by atoms with van der Waals surface area (Å²) in [4.78, 5) is 12.5. The molecule has 1 aliphatic rings. The number of ether oxygens (including phenoxy) is 2. The largest absolute Gasteiger partial charge is 0.490 e. The van der Waals surface area contributed by atoms with Crippen LogP contribution < -0.4 is 4.74 Å². The Morgan fingerprint density at radius 2 is 2.11 bits per heavy atom. The molecule has 2 rings (SSSR count). The summed E-state index contributed by atoms with van der Waals surface area (Å²) in [5.41, 5.74) is 0.630. The number of carbonyl (C=O) groups is 1. The molecule has 3 nitrogen and oxygen atoms in total. The van der Waals surface area contributed by atoms with Gasteiger partial charge in [0, 0.05) is 6.61 Å². The summed E-state index contributed by atoms with van der Waals surface area (Å²) < 4.78 is 11.2. The van der Waals surface area contributed by atoms with E-state index in [2.05, 4.69) is 6.92 Å². The van der Waals surface area contributed by atoms with E-state index < -0.39 is 0 Å². The molecule has 2 atom stereocenters. The van der Waals surface area contributed by atoms with Crippen molar-refractivity contribution in [3.63, 3.8) is 0 Å². The molecule has 18 heavy (non-hydrogen) atoms. The Bertz CT molecular complexity index is 426. The van der Waals surface area contributed by atoms with E-state index in [9.17, 15) is 4.79 Å². The molecule has 0 radical (unpaired) electrons. The summed E-state index contributed by atoms with van der Waals surface area (Å²) in [7, 11) is 0. The predicted molar refractivity (Wildman–Crippen MR) is 70.1 cm³/mol. The fourth-order valence-corrected chi connectivity index (χ4v) is 2.21. The lowest BCUT2D eigenvalue weighted by molar-refractivity contribution is 0.0574. The Kier molecular flexibility index (Phi) is 4.02. The molecule has 0 saturated carbocycles. The lowest BCUT2D eigenvalue weighted by Gasteiger charge is -2.17. The zero-order chi connectivity index (χ0) is 13.1. The average molecular weight is 248 g/mol. The fraction of sp³-hybridized carbons (Fsp3) is 0.533. The molecule has 1 aliphatic heterocycles. The summed E-state index contributed by atoms with van der Waals surface area (Å²) in [5, 5.41) is 0. The monoisotopic (exact) mass is 248 g/mol. The predicted octanol–water partition coefficient (Wildman–Crippen LogP) is 3.08. The first-order chi connectivity index (χ1) is 8.59. The van der Waals surface area contributed by atoms with E-state index in [-0.39, 0.29) is 23.9 Å². The minimum Gasteiger partial charge on any atom is -0.490 e. The number of para-hydroxylation sites is 1. The van der Waals surface area contributed by atoms with Gasteiger partial charge in [-0.2, -0.15) is 0 Å². The Morgan fingerprint density at radius 3 is 2.72 bits per heavy atom. The number of hydrogen-bond donors (Lipinski definition) is 0. The van der Waals surface area contributed by atoms with Crippen LogP contribution in [-0.4, -0.2) is 24.6 Å². The van der Waals surface area contributed by atoms with Crippen molar-refractivity contribution in [2.75, 3.05) is 6.61 Å². The first-order valence-electron chi connectivity index (χ1n) is 6.51. The first-order valence-corrected chi connectivity index (χ1v) is 6.51. The van der Waals surface area contributed by atoms with Crippen molar-refractivity contribution in [3.05, 3.63) is 29.8 Å². The smallest absolute Gasteiger partial charge is 0.195 e. The molecule has 1 saturated heterocycles. The second-order valence-corrected chi connectivity index (χ2v) is 5.08. The van der Waals surface area contributed by atoms with Crippen LogP contribution in [0.2, 0.25) is 0 Å². The van der Waals surface area contributed by atoms with Gasteiger partial charge in [-0.25, -0.2) is 0 Å². The first kappa shape index (κ1) is 13.1. The highest BCUT2D eigenvalue weighted by atomic mass is 16.5. The summed E-state index contributed by atoms with van der Waals surface area (Å²) in [6, 6.07) is 7.40. The van der Waals surface area contributed by atoms with Gasteiger partial charge in [-0.15, -0.1) is 0 Å². The van der Waals surface area contributed by atoms with Gasteiger partial charge < -0.3 is 9.47 Å². The van der Waals surface area contributed by atoms with Gasteiger partial charge in [0.1, 0.15) is 11.9 Å². The summed E-state index contributed by atoms with van der Waals surface area (Å²) in [5.74, 6) is 0.973. The van der Waals surface area contributed by atoms with Crippen LogP contribution in [0.25, 0.3) is 0 Å². The number of rotatable bonds is 4. The van der Waals surface area contributed by atoms with Gasteiger partial charge in [-0.1, -0.05) is 19.1 Å². The molecule has 1 aromatic rings. The highest BCUT2D eigenvalue weighted by Crippen LogP contribution is 2.28. The molecule has 98 valence electrons. The van der Waals surface area contributed by atoms with Crippen LogP contribution in [0.3, 0.4) is 0 Å². The molecule has 0 spiro atoms. The third kappa shape index (κ3) is 2.72. The second kappa shape index (κ2) is 5.53. The van der Waals surface area contributed by atoms with Crippen molar-refractivity contribution >= 4 is 5.78 Å². The van der Waals surface area contributed by atoms with E-state index in [0.29, 0.717) is 17.9 Å². The number of benzene rings is 1. The van der Waals surface area contributed by atoms with Crippen LogP contribution in [-0.2, 0) is 4.74 Å². The molecule has 0 aromatic heterocycles. The van der Waals surface area contributed by atoms with Crippen molar-refractivity contribution in [1.29, 1.82) is 0 Å². The minimum absolute atomic E-state index is 0.0382. The maximum Gasteiger partial charge on any atom is 0.195 e. The molecule has 0 N–H and O–H groups in total. The van der Waals surface area contributed by atoms with Gasteiger partial charge in [0.15, 0.2) is 5.78 Å². The molecule has 0 bridgehead atoms. The number of carbonyl (C=O) groups excluding carboxylic acids is 1. The topological polar surface area (TPSA) is 35.5 Å². The van der Waals surface area contributed by atoms with E-state index >= 15 is 0 Å². The molecule has 0 amide bonds. The third-order valence-electron chi connectivity index (χ3n) is 3.16. The van der Waals surface area contributed by atoms with Crippen LogP contribution >= 0.6 is 0 Å². The van der Waals surface area contributed by atoms with E-state index in [1.807, 2.05) is 38.1 Å². The van der Waals surface area contributed by atoms with E-state index in [1.54, 1.807) is 0 Å². The van der Waals surface area contributed by atoms with Crippen molar-refractivity contribution < 1.29 is 14.3 Å². The maximum absolute atomic E-state index is 12.5. The van der Waals surface area contributed by atoms with Crippen LogP contribution in [0.15, 0.2) is 24.3 Å². The van der Waals surface area contributed by atoms with E-state index in [4.69, 9.17) is 9.47 Å². The Morgan fingerprint density at radius 1 is 1.39 bits per heavy atom. The molecule has 3 heteroatoms. The van der Waals surface area contributed by atoms with Crippen LogP contribution in [0.1, 0.15) is 37.6 Å². The Hall–Kier alpha value is -1.35. The normalized spacial score (nSPS) is 23.3. The summed E-state index contributed by atoms with van der Waals surface area (Å²) in [6.45, 7) is 6.64. The molecule has 1 aromatic carbocycles. The van der Waals surface area contributed by atoms with Crippen LogP contribution in [0, 0.1) is 5.92 Å². The minimum atomic E-state index is -0.318. The molecule has 1 heterocycles. The van der Waals surface area contributed by atoms with E-state index in [0.717, 1.165) is 6.42 Å². The standard InChI is InChI=1S/C15H20O3/c1-10(2)18-13-7-5-4-6-12(13)14(16)15-11(3)8-9-17-15/h4-7,10-11,15H,8-9H2,1-3H3. The fourth-order valence-electron chi connectivity index (χ4n) is 2.21. The van der Waals surface area contributed by atoms with Gasteiger partial charge in [-0.3, -0.25) is 4.79 Å². The van der Waals surface area contributed by atoms with Gasteiger partial charge in [0.2, 0.25) is 0 Å². The van der Waals surface area contributed by atoms with Gasteiger partial charge in [0.25, 0.3) is 0 Å². The molecule has 1 fully saturated rings. The highest BCUT2D eigenvalue weighted by Gasteiger charge is 2.32. The Balaban J connectivity index is 2.24. The summed E-state index contributed by atoms with van der Waals surface area (Å²) in [6.07, 6.45) is 0.687. The zero-order valence-corrected chi connectivity index (χ0v) is 11.2. The Labute approximate surface area is 108 Å². The zero-order valence-electron chi connectivity index (χ0n) is 11.2. The van der Waals surface area contributed by atoms with Crippen LogP contribution in [0.5, 0.6) is 5.75 Å². The molecular weight excluding hydrogens is 228 g/mol. The SMILES string of the molecule is CC(C)Oc1ccccc1C(=O)C1OCCC1C.